The second-order valence-electron chi connectivity index (χ2n) is 6.03. The lowest BCUT2D eigenvalue weighted by molar-refractivity contribution is -0.120. The van der Waals surface area contributed by atoms with E-state index in [2.05, 4.69) is 15.4 Å². The third-order valence-electron chi connectivity index (χ3n) is 4.10. The molecule has 6 nitrogen and oxygen atoms in total. The van der Waals surface area contributed by atoms with Crippen molar-refractivity contribution in [2.24, 2.45) is 5.92 Å². The number of nitrogens with one attached hydrogen (secondary N) is 3. The highest BCUT2D eigenvalue weighted by atomic mass is 35.5. The van der Waals surface area contributed by atoms with E-state index in [0.29, 0.717) is 17.9 Å². The van der Waals surface area contributed by atoms with Crippen LogP contribution in [0, 0.1) is 5.92 Å². The van der Waals surface area contributed by atoms with Crippen LogP contribution in [-0.2, 0) is 14.8 Å². The normalized spacial score (nSPS) is 17.0. The molecule has 1 aliphatic rings. The number of halogens is 1. The molecule has 0 saturated carbocycles. The summed E-state index contributed by atoms with van der Waals surface area (Å²) in [6.45, 7) is 1.62. The second kappa shape index (κ2) is 9.02. The molecule has 140 valence electrons. The first kappa shape index (κ1) is 20.2. The van der Waals surface area contributed by atoms with Gasteiger partial charge >= 0.3 is 0 Å². The Bertz CT molecular complexity index is 838. The highest BCUT2D eigenvalue weighted by Gasteiger charge is 2.21. The summed E-state index contributed by atoms with van der Waals surface area (Å²) in [5.74, 6) is -0.103. The number of rotatable bonds is 5. The van der Waals surface area contributed by atoms with Gasteiger partial charge < -0.3 is 10.6 Å². The molecule has 3 N–H and O–H groups in total. The molecule has 1 aliphatic heterocycles. The van der Waals surface area contributed by atoms with E-state index in [9.17, 15) is 13.2 Å². The zero-order valence-corrected chi connectivity index (χ0v) is 15.8. The molecular weight excluding hydrogens is 374 g/mol. The van der Waals surface area contributed by atoms with Gasteiger partial charge in [0, 0.05) is 12.2 Å². The topological polar surface area (TPSA) is 87.3 Å². The molecule has 1 atom stereocenters. The molecule has 2 aromatic rings. The maximum Gasteiger partial charge on any atom is 0.261 e. The van der Waals surface area contributed by atoms with Gasteiger partial charge in [0.2, 0.25) is 5.91 Å². The molecular formula is C18H22ClN3O3S. The third kappa shape index (κ3) is 5.20. The Balaban J connectivity index is 0.00000243. The van der Waals surface area contributed by atoms with Crippen molar-refractivity contribution in [2.75, 3.05) is 23.1 Å². The fourth-order valence-electron chi connectivity index (χ4n) is 2.79. The number of sulfonamides is 1. The smallest absolute Gasteiger partial charge is 0.261 e. The van der Waals surface area contributed by atoms with Crippen molar-refractivity contribution in [1.29, 1.82) is 0 Å². The minimum absolute atomic E-state index is 0. The molecule has 3 rings (SSSR count). The summed E-state index contributed by atoms with van der Waals surface area (Å²) in [5.41, 5.74) is 0.979. The van der Waals surface area contributed by atoms with Crippen molar-refractivity contribution >= 4 is 39.7 Å². The third-order valence-corrected chi connectivity index (χ3v) is 5.50. The Morgan fingerprint density at radius 2 is 1.77 bits per heavy atom. The first-order valence-electron chi connectivity index (χ1n) is 8.24. The SMILES string of the molecule is Cl.O=C(Nc1cccc(NS(=O)(=O)c2ccccc2)c1)C1CCCNC1. The van der Waals surface area contributed by atoms with Gasteiger partial charge in [-0.05, 0) is 49.7 Å². The van der Waals surface area contributed by atoms with Crippen LogP contribution in [0.1, 0.15) is 12.8 Å². The minimum Gasteiger partial charge on any atom is -0.326 e. The number of piperidine rings is 1. The van der Waals surface area contributed by atoms with E-state index in [-0.39, 0.29) is 29.1 Å². The summed E-state index contributed by atoms with van der Waals surface area (Å²) in [5, 5.41) is 6.07. The van der Waals surface area contributed by atoms with Crippen molar-refractivity contribution in [3.05, 3.63) is 54.6 Å². The van der Waals surface area contributed by atoms with Crippen molar-refractivity contribution in [1.82, 2.24) is 5.32 Å². The molecule has 0 spiro atoms. The maximum absolute atomic E-state index is 12.4. The molecule has 1 amide bonds. The predicted octanol–water partition coefficient (Wildman–Crippen LogP) is 2.85. The summed E-state index contributed by atoms with van der Waals surface area (Å²) < 4.78 is 27.3. The van der Waals surface area contributed by atoms with E-state index in [0.717, 1.165) is 19.4 Å². The molecule has 1 unspecified atom stereocenters. The van der Waals surface area contributed by atoms with Gasteiger partial charge in [0.1, 0.15) is 0 Å². The first-order chi connectivity index (χ1) is 12.0. The van der Waals surface area contributed by atoms with Crippen molar-refractivity contribution in [3.8, 4) is 0 Å². The van der Waals surface area contributed by atoms with Gasteiger partial charge in [-0.3, -0.25) is 9.52 Å². The Morgan fingerprint density at radius 3 is 2.46 bits per heavy atom. The van der Waals surface area contributed by atoms with Crippen LogP contribution >= 0.6 is 12.4 Å². The van der Waals surface area contributed by atoms with Gasteiger partial charge in [-0.1, -0.05) is 24.3 Å². The summed E-state index contributed by atoms with van der Waals surface area (Å²) in [6.07, 6.45) is 1.84. The average Bonchev–Trinajstić information content (AvgIpc) is 2.63. The van der Waals surface area contributed by atoms with E-state index in [1.54, 1.807) is 42.5 Å². The standard InChI is InChI=1S/C18H21N3O3S.ClH/c22-18(14-6-5-11-19-13-14)20-15-7-4-8-16(12-15)21-25(23,24)17-9-2-1-3-10-17;/h1-4,7-10,12,14,19,21H,5-6,11,13H2,(H,20,22);1H. The van der Waals surface area contributed by atoms with Crippen LogP contribution in [0.3, 0.4) is 0 Å². The quantitative estimate of drug-likeness (QED) is 0.726. The van der Waals surface area contributed by atoms with E-state index in [4.69, 9.17) is 0 Å². The van der Waals surface area contributed by atoms with Gasteiger partial charge in [0.25, 0.3) is 10.0 Å². The number of amides is 1. The van der Waals surface area contributed by atoms with E-state index < -0.39 is 10.0 Å². The molecule has 1 fully saturated rings. The number of carbonyl (C=O) groups is 1. The van der Waals surface area contributed by atoms with Gasteiger partial charge in [0.05, 0.1) is 16.5 Å². The molecule has 1 heterocycles. The monoisotopic (exact) mass is 395 g/mol. The Hall–Kier alpha value is -2.09. The van der Waals surface area contributed by atoms with Crippen molar-refractivity contribution in [2.45, 2.75) is 17.7 Å². The fraction of sp³-hybridized carbons (Fsp3) is 0.278. The summed E-state index contributed by atoms with van der Waals surface area (Å²) in [6, 6.07) is 14.9. The molecule has 2 aromatic carbocycles. The van der Waals surface area contributed by atoms with Crippen LogP contribution in [0.4, 0.5) is 11.4 Å². The number of anilines is 2. The molecule has 1 saturated heterocycles. The van der Waals surface area contributed by atoms with Crippen LogP contribution in [0.5, 0.6) is 0 Å². The molecule has 0 bridgehead atoms. The lowest BCUT2D eigenvalue weighted by Gasteiger charge is -2.22. The number of hydrogen-bond donors (Lipinski definition) is 3. The van der Waals surface area contributed by atoms with Crippen LogP contribution in [0.25, 0.3) is 0 Å². The summed E-state index contributed by atoms with van der Waals surface area (Å²) in [7, 11) is -3.65. The molecule has 0 radical (unpaired) electrons. The average molecular weight is 396 g/mol. The second-order valence-corrected chi connectivity index (χ2v) is 7.71. The fourth-order valence-corrected chi connectivity index (χ4v) is 3.86. The van der Waals surface area contributed by atoms with Crippen LogP contribution in [0.2, 0.25) is 0 Å². The lowest BCUT2D eigenvalue weighted by Crippen LogP contribution is -2.37. The Morgan fingerprint density at radius 1 is 1.04 bits per heavy atom. The number of benzene rings is 2. The minimum atomic E-state index is -3.65. The first-order valence-corrected chi connectivity index (χ1v) is 9.72. The predicted molar refractivity (Wildman–Crippen MR) is 105 cm³/mol. The maximum atomic E-state index is 12.4. The van der Waals surface area contributed by atoms with E-state index in [1.165, 1.54) is 12.1 Å². The van der Waals surface area contributed by atoms with Gasteiger partial charge in [-0.25, -0.2) is 8.42 Å². The van der Waals surface area contributed by atoms with Crippen LogP contribution in [-0.4, -0.2) is 27.4 Å². The number of hydrogen-bond acceptors (Lipinski definition) is 4. The summed E-state index contributed by atoms with van der Waals surface area (Å²) >= 11 is 0. The zero-order valence-electron chi connectivity index (χ0n) is 14.1. The molecule has 0 aliphatic carbocycles. The molecule has 26 heavy (non-hydrogen) atoms. The van der Waals surface area contributed by atoms with Crippen molar-refractivity contribution < 1.29 is 13.2 Å². The molecule has 0 aromatic heterocycles. The Labute approximate surface area is 159 Å². The van der Waals surface area contributed by atoms with E-state index >= 15 is 0 Å². The van der Waals surface area contributed by atoms with Crippen molar-refractivity contribution in [3.63, 3.8) is 0 Å². The number of carbonyl (C=O) groups excluding carboxylic acids is 1. The van der Waals surface area contributed by atoms with Crippen LogP contribution < -0.4 is 15.4 Å². The van der Waals surface area contributed by atoms with E-state index in [1.807, 2.05) is 0 Å². The Kier molecular flexibility index (Phi) is 7.02. The molecule has 8 heteroatoms. The van der Waals surface area contributed by atoms with Crippen LogP contribution in [0.15, 0.2) is 59.5 Å². The zero-order chi connectivity index (χ0) is 17.7. The largest absolute Gasteiger partial charge is 0.326 e. The summed E-state index contributed by atoms with van der Waals surface area (Å²) in [4.78, 5) is 12.5. The highest BCUT2D eigenvalue weighted by Crippen LogP contribution is 2.20. The van der Waals surface area contributed by atoms with Gasteiger partial charge in [-0.2, -0.15) is 0 Å². The van der Waals surface area contributed by atoms with Gasteiger partial charge in [0.15, 0.2) is 0 Å². The van der Waals surface area contributed by atoms with Gasteiger partial charge in [-0.15, -0.1) is 12.4 Å². The highest BCUT2D eigenvalue weighted by molar-refractivity contribution is 7.92. The lowest BCUT2D eigenvalue weighted by atomic mass is 9.99.